The summed E-state index contributed by atoms with van der Waals surface area (Å²) in [5, 5.41) is 3.39. The largest absolute Gasteiger partial charge is 0.368 e. The van der Waals surface area contributed by atoms with E-state index in [1.807, 2.05) is 57.6 Å². The molecule has 0 aliphatic carbocycles. The Morgan fingerprint density at radius 1 is 1.15 bits per heavy atom. The zero-order valence-corrected chi connectivity index (χ0v) is 16.0. The summed E-state index contributed by atoms with van der Waals surface area (Å²) in [5.41, 5.74) is 2.87. The number of amides is 1. The van der Waals surface area contributed by atoms with Crippen molar-refractivity contribution in [1.29, 1.82) is 0 Å². The molecule has 2 aromatic heterocycles. The molecule has 7 heteroatoms. The molecule has 1 fully saturated rings. The predicted molar refractivity (Wildman–Crippen MR) is 106 cm³/mol. The van der Waals surface area contributed by atoms with Crippen molar-refractivity contribution in [1.82, 2.24) is 14.5 Å². The number of piperazine rings is 1. The number of thiazole rings is 1. The monoisotopic (exact) mass is 386 g/mol. The molecule has 1 aliphatic heterocycles. The first-order valence-electron chi connectivity index (χ1n) is 8.51. The normalized spacial score (nSPS) is 14.7. The Hall–Kier alpha value is -2.31. The fraction of sp³-hybridized carbons (Fsp3) is 0.263. The number of halogens is 1. The van der Waals surface area contributed by atoms with Crippen LogP contribution in [-0.2, 0) is 0 Å². The average molecular weight is 387 g/mol. The van der Waals surface area contributed by atoms with Gasteiger partial charge in [-0.25, -0.2) is 4.98 Å². The van der Waals surface area contributed by atoms with Crippen LogP contribution in [0.5, 0.6) is 0 Å². The average Bonchev–Trinajstić information content (AvgIpc) is 3.35. The first-order valence-corrected chi connectivity index (χ1v) is 9.77. The van der Waals surface area contributed by atoms with Crippen molar-refractivity contribution < 1.29 is 4.79 Å². The molecular formula is C19H19ClN4OS. The van der Waals surface area contributed by atoms with Gasteiger partial charge in [-0.15, -0.1) is 11.3 Å². The molecule has 134 valence electrons. The van der Waals surface area contributed by atoms with Crippen molar-refractivity contribution >= 4 is 34.5 Å². The summed E-state index contributed by atoms with van der Waals surface area (Å²) in [5.74, 6) is 0.00196. The third-order valence-corrected chi connectivity index (χ3v) is 5.70. The van der Waals surface area contributed by atoms with Gasteiger partial charge >= 0.3 is 0 Å². The van der Waals surface area contributed by atoms with Gasteiger partial charge in [0.15, 0.2) is 5.13 Å². The Morgan fingerprint density at radius 2 is 1.88 bits per heavy atom. The molecule has 1 aromatic carbocycles. The maximum absolute atomic E-state index is 12.8. The molecule has 3 aromatic rings. The quantitative estimate of drug-likeness (QED) is 0.686. The summed E-state index contributed by atoms with van der Waals surface area (Å²) in [4.78, 5) is 21.4. The highest BCUT2D eigenvalue weighted by atomic mass is 35.5. The summed E-state index contributed by atoms with van der Waals surface area (Å²) in [7, 11) is 0. The minimum Gasteiger partial charge on any atom is -0.368 e. The van der Waals surface area contributed by atoms with Crippen LogP contribution in [0.1, 0.15) is 16.1 Å². The topological polar surface area (TPSA) is 41.4 Å². The second-order valence-electron chi connectivity index (χ2n) is 6.32. The molecule has 1 amide bonds. The van der Waals surface area contributed by atoms with E-state index in [1.54, 1.807) is 0 Å². The summed E-state index contributed by atoms with van der Waals surface area (Å²) in [6.07, 6.45) is 3.86. The van der Waals surface area contributed by atoms with Gasteiger partial charge in [0.2, 0.25) is 0 Å². The van der Waals surface area contributed by atoms with Crippen LogP contribution in [0.15, 0.2) is 48.1 Å². The van der Waals surface area contributed by atoms with Crippen LogP contribution in [0.25, 0.3) is 5.13 Å². The van der Waals surface area contributed by atoms with Crippen molar-refractivity contribution in [2.45, 2.75) is 6.92 Å². The first-order chi connectivity index (χ1) is 12.6. The second-order valence-corrected chi connectivity index (χ2v) is 7.59. The van der Waals surface area contributed by atoms with Crippen LogP contribution in [0.3, 0.4) is 0 Å². The highest BCUT2D eigenvalue weighted by Crippen LogP contribution is 2.26. The Labute approximate surface area is 161 Å². The molecule has 26 heavy (non-hydrogen) atoms. The maximum atomic E-state index is 12.8. The number of benzene rings is 1. The standard InChI is InChI=1S/C19H19ClN4OS/c1-14-4-5-15(20)12-17(14)22-8-10-23(11-9-22)18(25)16-13-26-19(21-16)24-6-2-3-7-24/h2-7,12-13H,8-11H2,1H3. The van der Waals surface area contributed by atoms with E-state index in [-0.39, 0.29) is 5.91 Å². The minimum absolute atomic E-state index is 0.00196. The van der Waals surface area contributed by atoms with E-state index in [0.29, 0.717) is 18.8 Å². The number of anilines is 1. The Kier molecular flexibility index (Phi) is 4.70. The van der Waals surface area contributed by atoms with Gasteiger partial charge in [-0.3, -0.25) is 4.79 Å². The van der Waals surface area contributed by atoms with Crippen LogP contribution >= 0.6 is 22.9 Å². The van der Waals surface area contributed by atoms with E-state index in [2.05, 4.69) is 16.8 Å². The highest BCUT2D eigenvalue weighted by molar-refractivity contribution is 7.12. The maximum Gasteiger partial charge on any atom is 0.273 e. The van der Waals surface area contributed by atoms with Crippen LogP contribution < -0.4 is 4.90 Å². The Morgan fingerprint density at radius 3 is 2.62 bits per heavy atom. The van der Waals surface area contributed by atoms with Crippen LogP contribution in [0.2, 0.25) is 5.02 Å². The van der Waals surface area contributed by atoms with Gasteiger partial charge in [0.1, 0.15) is 5.69 Å². The number of nitrogens with zero attached hydrogens (tertiary/aromatic N) is 4. The SMILES string of the molecule is Cc1ccc(Cl)cc1N1CCN(C(=O)c2csc(-n3cccc3)n2)CC1. The van der Waals surface area contributed by atoms with Crippen LogP contribution in [-0.4, -0.2) is 46.5 Å². The molecule has 3 heterocycles. The lowest BCUT2D eigenvalue weighted by molar-refractivity contribution is 0.0741. The molecule has 0 bridgehead atoms. The number of carbonyl (C=O) groups excluding carboxylic acids is 1. The number of aryl methyl sites for hydroxylation is 1. The first kappa shape index (κ1) is 17.1. The molecule has 0 saturated carbocycles. The molecule has 0 radical (unpaired) electrons. The van der Waals surface area contributed by atoms with Gasteiger partial charge in [0, 0.05) is 54.7 Å². The zero-order valence-electron chi connectivity index (χ0n) is 14.4. The summed E-state index contributed by atoms with van der Waals surface area (Å²) < 4.78 is 1.92. The third-order valence-electron chi connectivity index (χ3n) is 4.62. The molecule has 1 saturated heterocycles. The number of carbonyl (C=O) groups is 1. The molecule has 0 atom stereocenters. The van der Waals surface area contributed by atoms with Crippen molar-refractivity contribution in [2.24, 2.45) is 0 Å². The van der Waals surface area contributed by atoms with Gasteiger partial charge < -0.3 is 14.4 Å². The minimum atomic E-state index is 0.00196. The zero-order chi connectivity index (χ0) is 18.1. The lowest BCUT2D eigenvalue weighted by Crippen LogP contribution is -2.49. The van der Waals surface area contributed by atoms with Gasteiger partial charge in [0.05, 0.1) is 0 Å². The van der Waals surface area contributed by atoms with Gasteiger partial charge in [-0.1, -0.05) is 17.7 Å². The summed E-state index contributed by atoms with van der Waals surface area (Å²) in [6, 6.07) is 9.83. The van der Waals surface area contributed by atoms with Gasteiger partial charge in [0.25, 0.3) is 5.91 Å². The lowest BCUT2D eigenvalue weighted by atomic mass is 10.1. The predicted octanol–water partition coefficient (Wildman–Crippen LogP) is 3.86. The number of hydrogen-bond acceptors (Lipinski definition) is 4. The number of hydrogen-bond donors (Lipinski definition) is 0. The molecule has 5 nitrogen and oxygen atoms in total. The van der Waals surface area contributed by atoms with Crippen LogP contribution in [0.4, 0.5) is 5.69 Å². The molecule has 1 aliphatic rings. The van der Waals surface area contributed by atoms with Crippen molar-refractivity contribution in [3.8, 4) is 5.13 Å². The van der Waals surface area contributed by atoms with E-state index in [0.717, 1.165) is 28.9 Å². The molecule has 0 unspecified atom stereocenters. The fourth-order valence-electron chi connectivity index (χ4n) is 3.18. The lowest BCUT2D eigenvalue weighted by Gasteiger charge is -2.36. The van der Waals surface area contributed by atoms with Crippen molar-refractivity contribution in [3.63, 3.8) is 0 Å². The smallest absolute Gasteiger partial charge is 0.273 e. The molecule has 0 N–H and O–H groups in total. The van der Waals surface area contributed by atoms with Crippen molar-refractivity contribution in [3.05, 3.63) is 64.4 Å². The molecular weight excluding hydrogens is 368 g/mol. The highest BCUT2D eigenvalue weighted by Gasteiger charge is 2.24. The van der Waals surface area contributed by atoms with E-state index >= 15 is 0 Å². The summed E-state index contributed by atoms with van der Waals surface area (Å²) in [6.45, 7) is 5.03. The van der Waals surface area contributed by atoms with E-state index in [4.69, 9.17) is 11.6 Å². The number of aromatic nitrogens is 2. The Bertz CT molecular complexity index is 914. The van der Waals surface area contributed by atoms with E-state index in [9.17, 15) is 4.79 Å². The van der Waals surface area contributed by atoms with Crippen molar-refractivity contribution in [2.75, 3.05) is 31.1 Å². The fourth-order valence-corrected chi connectivity index (χ4v) is 4.11. The second kappa shape index (κ2) is 7.13. The summed E-state index contributed by atoms with van der Waals surface area (Å²) >= 11 is 7.62. The molecule has 0 spiro atoms. The molecule has 4 rings (SSSR count). The van der Waals surface area contributed by atoms with Gasteiger partial charge in [-0.2, -0.15) is 0 Å². The third kappa shape index (κ3) is 3.34. The van der Waals surface area contributed by atoms with Gasteiger partial charge in [-0.05, 0) is 36.8 Å². The van der Waals surface area contributed by atoms with E-state index in [1.165, 1.54) is 16.9 Å². The Balaban J connectivity index is 1.43. The number of rotatable bonds is 3. The van der Waals surface area contributed by atoms with E-state index < -0.39 is 0 Å². The van der Waals surface area contributed by atoms with Crippen LogP contribution in [0, 0.1) is 6.92 Å².